The third-order valence-electron chi connectivity index (χ3n) is 4.17. The van der Waals surface area contributed by atoms with Gasteiger partial charge in [-0.1, -0.05) is 17.8 Å². The Morgan fingerprint density at radius 1 is 1.46 bits per heavy atom. The van der Waals surface area contributed by atoms with Crippen LogP contribution in [-0.4, -0.2) is 35.4 Å². The molecular weight excluding hydrogens is 326 g/mol. The number of nitrogens with one attached hydrogen (secondary N) is 1. The van der Waals surface area contributed by atoms with Crippen molar-refractivity contribution in [2.75, 3.05) is 18.1 Å². The third kappa shape index (κ3) is 3.40. The average molecular weight is 347 g/mol. The minimum Gasteiger partial charge on any atom is -0.449 e. The topological polar surface area (TPSA) is 71.0 Å². The highest BCUT2D eigenvalue weighted by atomic mass is 32.2. The molecule has 0 fully saturated rings. The molecular formula is C17H21N3O3S. The quantitative estimate of drug-likeness (QED) is 0.888. The summed E-state index contributed by atoms with van der Waals surface area (Å²) in [5.74, 6) is 0. The van der Waals surface area contributed by atoms with Crippen molar-refractivity contribution in [3.8, 4) is 0 Å². The number of ether oxygens (including phenoxy) is 1. The molecule has 0 saturated carbocycles. The van der Waals surface area contributed by atoms with E-state index >= 15 is 0 Å². The Morgan fingerprint density at radius 2 is 2.29 bits per heavy atom. The van der Waals surface area contributed by atoms with E-state index in [2.05, 4.69) is 16.6 Å². The van der Waals surface area contributed by atoms with E-state index in [-0.39, 0.29) is 16.6 Å². The summed E-state index contributed by atoms with van der Waals surface area (Å²) < 4.78 is 5.18. The minimum absolute atomic E-state index is 0.00346. The van der Waals surface area contributed by atoms with Gasteiger partial charge in [0.25, 0.3) is 5.24 Å². The van der Waals surface area contributed by atoms with Crippen molar-refractivity contribution in [1.82, 2.24) is 5.43 Å². The molecule has 1 unspecified atom stereocenters. The van der Waals surface area contributed by atoms with E-state index in [4.69, 9.17) is 4.74 Å². The Balaban J connectivity index is 1.93. The highest BCUT2D eigenvalue weighted by Gasteiger charge is 2.26. The molecule has 1 atom stereocenters. The molecule has 2 heterocycles. The zero-order chi connectivity index (χ0) is 17.1. The van der Waals surface area contributed by atoms with Crippen LogP contribution < -0.4 is 10.3 Å². The zero-order valence-electron chi connectivity index (χ0n) is 13.9. The van der Waals surface area contributed by atoms with E-state index in [0.29, 0.717) is 13.2 Å². The number of hydrogen-bond donors (Lipinski definition) is 1. The summed E-state index contributed by atoms with van der Waals surface area (Å²) in [6.07, 6.45) is 2.60. The maximum absolute atomic E-state index is 12.2. The van der Waals surface area contributed by atoms with E-state index in [1.54, 1.807) is 4.90 Å². The van der Waals surface area contributed by atoms with Crippen molar-refractivity contribution in [2.24, 2.45) is 5.10 Å². The highest BCUT2D eigenvalue weighted by Crippen LogP contribution is 2.30. The molecule has 24 heavy (non-hydrogen) atoms. The van der Waals surface area contributed by atoms with Crippen LogP contribution in [0.3, 0.4) is 0 Å². The number of amides is 2. The van der Waals surface area contributed by atoms with Gasteiger partial charge in [0.1, 0.15) is 0 Å². The molecule has 0 spiro atoms. The predicted molar refractivity (Wildman–Crippen MR) is 95.9 cm³/mol. The number of hydrogen-bond acceptors (Lipinski definition) is 5. The molecule has 0 saturated heterocycles. The molecule has 2 aliphatic rings. The monoisotopic (exact) mass is 347 g/mol. The molecule has 1 aromatic rings. The lowest BCUT2D eigenvalue weighted by Crippen LogP contribution is -2.32. The molecule has 6 nitrogen and oxygen atoms in total. The van der Waals surface area contributed by atoms with Crippen molar-refractivity contribution >= 4 is 34.5 Å². The maximum atomic E-state index is 12.2. The standard InChI is InChI=1S/C17H21N3O3S/c1-3-23-17(22)20-9-5-4-6-12-10-13(7-8-14(12)20)15-11(2)24-16(21)19-18-15/h7-8,10-11H,3-6,9H2,1-2H3,(H,19,21). The van der Waals surface area contributed by atoms with Crippen molar-refractivity contribution in [3.05, 3.63) is 29.3 Å². The number of rotatable bonds is 2. The number of hydrazone groups is 1. The zero-order valence-corrected chi connectivity index (χ0v) is 14.7. The molecule has 2 aliphatic heterocycles. The Kier molecular flexibility index (Phi) is 5.08. The first-order valence-corrected chi connectivity index (χ1v) is 9.10. The maximum Gasteiger partial charge on any atom is 0.414 e. The summed E-state index contributed by atoms with van der Waals surface area (Å²) >= 11 is 1.23. The molecule has 2 amide bonds. The van der Waals surface area contributed by atoms with Crippen molar-refractivity contribution in [1.29, 1.82) is 0 Å². The van der Waals surface area contributed by atoms with Crippen molar-refractivity contribution in [3.63, 3.8) is 0 Å². The number of nitrogens with zero attached hydrogens (tertiary/aromatic N) is 2. The van der Waals surface area contributed by atoms with Gasteiger partial charge in [-0.25, -0.2) is 10.2 Å². The van der Waals surface area contributed by atoms with E-state index < -0.39 is 0 Å². The summed E-state index contributed by atoms with van der Waals surface area (Å²) in [5.41, 5.74) is 6.40. The lowest BCUT2D eigenvalue weighted by atomic mass is 10.0. The Hall–Kier alpha value is -2.02. The molecule has 0 radical (unpaired) electrons. The van der Waals surface area contributed by atoms with Gasteiger partial charge in [0.05, 0.1) is 23.3 Å². The van der Waals surface area contributed by atoms with Crippen LogP contribution in [-0.2, 0) is 11.2 Å². The van der Waals surface area contributed by atoms with Gasteiger partial charge < -0.3 is 4.74 Å². The molecule has 128 valence electrons. The summed E-state index contributed by atoms with van der Waals surface area (Å²) in [7, 11) is 0. The van der Waals surface area contributed by atoms with E-state index in [1.807, 2.05) is 26.0 Å². The first-order valence-electron chi connectivity index (χ1n) is 8.22. The van der Waals surface area contributed by atoms with Gasteiger partial charge in [-0.2, -0.15) is 5.10 Å². The van der Waals surface area contributed by atoms with E-state index in [9.17, 15) is 9.59 Å². The Morgan fingerprint density at radius 3 is 3.04 bits per heavy atom. The van der Waals surface area contributed by atoms with Gasteiger partial charge in [0.15, 0.2) is 0 Å². The van der Waals surface area contributed by atoms with E-state index in [1.165, 1.54) is 11.8 Å². The van der Waals surface area contributed by atoms with Crippen LogP contribution >= 0.6 is 11.8 Å². The number of anilines is 1. The van der Waals surface area contributed by atoms with Crippen LogP contribution in [0.2, 0.25) is 0 Å². The molecule has 0 aliphatic carbocycles. The van der Waals surface area contributed by atoms with Gasteiger partial charge in [0, 0.05) is 6.54 Å². The third-order valence-corrected chi connectivity index (χ3v) is 5.05. The first kappa shape index (κ1) is 16.8. The SMILES string of the molecule is CCOC(=O)N1CCCCc2cc(C3=NNC(=O)SC3C)ccc21. The predicted octanol–water partition coefficient (Wildman–Crippen LogP) is 3.53. The second-order valence-corrected chi connectivity index (χ2v) is 7.12. The largest absolute Gasteiger partial charge is 0.449 e. The van der Waals surface area contributed by atoms with Gasteiger partial charge in [0.2, 0.25) is 0 Å². The molecule has 7 heteroatoms. The highest BCUT2D eigenvalue weighted by molar-refractivity contribution is 8.14. The molecule has 3 rings (SSSR count). The fourth-order valence-corrected chi connectivity index (χ4v) is 3.76. The van der Waals surface area contributed by atoms with Crippen molar-refractivity contribution < 1.29 is 14.3 Å². The van der Waals surface area contributed by atoms with Crippen molar-refractivity contribution in [2.45, 2.75) is 38.4 Å². The fourth-order valence-electron chi connectivity index (χ4n) is 3.04. The van der Waals surface area contributed by atoms with Gasteiger partial charge in [-0.05, 0) is 56.4 Å². The fraction of sp³-hybridized carbons (Fsp3) is 0.471. The summed E-state index contributed by atoms with van der Waals surface area (Å²) in [4.78, 5) is 25.3. The van der Waals surface area contributed by atoms with Crippen LogP contribution in [0.15, 0.2) is 23.3 Å². The van der Waals surface area contributed by atoms with Gasteiger partial charge >= 0.3 is 6.09 Å². The van der Waals surface area contributed by atoms with E-state index in [0.717, 1.165) is 41.8 Å². The summed E-state index contributed by atoms with van der Waals surface area (Å²) in [6.45, 7) is 4.83. The van der Waals surface area contributed by atoms with Crippen LogP contribution in [0.4, 0.5) is 15.3 Å². The first-order chi connectivity index (χ1) is 11.6. The molecule has 1 N–H and O–H groups in total. The number of fused-ring (bicyclic) bond motifs is 1. The average Bonchev–Trinajstić information content (AvgIpc) is 2.77. The van der Waals surface area contributed by atoms with Crippen LogP contribution in [0.5, 0.6) is 0 Å². The normalized spacial score (nSPS) is 20.6. The lowest BCUT2D eigenvalue weighted by Gasteiger charge is -2.23. The minimum atomic E-state index is -0.292. The number of aryl methyl sites for hydroxylation is 1. The Labute approximate surface area is 145 Å². The number of carbonyl (C=O) groups is 2. The number of carbonyl (C=O) groups excluding carboxylic acids is 2. The van der Waals surface area contributed by atoms with Crippen LogP contribution in [0.1, 0.15) is 37.8 Å². The second kappa shape index (κ2) is 7.25. The van der Waals surface area contributed by atoms with Crippen LogP contribution in [0.25, 0.3) is 0 Å². The van der Waals surface area contributed by atoms with Crippen LogP contribution in [0, 0.1) is 0 Å². The molecule has 0 bridgehead atoms. The smallest absolute Gasteiger partial charge is 0.414 e. The lowest BCUT2D eigenvalue weighted by molar-refractivity contribution is 0.159. The molecule has 1 aromatic carbocycles. The Bertz CT molecular complexity index is 690. The molecule has 0 aromatic heterocycles. The van der Waals surface area contributed by atoms with Gasteiger partial charge in [-0.3, -0.25) is 9.69 Å². The summed E-state index contributed by atoms with van der Waals surface area (Å²) in [6, 6.07) is 6.01. The van der Waals surface area contributed by atoms with Gasteiger partial charge in [-0.15, -0.1) is 0 Å². The summed E-state index contributed by atoms with van der Waals surface area (Å²) in [5, 5.41) is 4.08. The number of benzene rings is 1. The number of thioether (sulfide) groups is 1. The second-order valence-electron chi connectivity index (χ2n) is 5.81.